The number of nitrogens with one attached hydrogen (secondary N) is 1. The van der Waals surface area contributed by atoms with Crippen LogP contribution in [0.4, 0.5) is 5.69 Å². The molecule has 0 radical (unpaired) electrons. The predicted molar refractivity (Wildman–Crippen MR) is 94.1 cm³/mol. The molecular formula is C17H18N6O3. The summed E-state index contributed by atoms with van der Waals surface area (Å²) in [7, 11) is 1.49. The molecule has 26 heavy (non-hydrogen) atoms. The number of aryl methyl sites for hydroxylation is 2. The van der Waals surface area contributed by atoms with Gasteiger partial charge in [-0.15, -0.1) is 0 Å². The highest BCUT2D eigenvalue weighted by atomic mass is 16.6. The van der Waals surface area contributed by atoms with Crippen molar-refractivity contribution < 1.29 is 9.72 Å². The Morgan fingerprint density at radius 3 is 2.62 bits per heavy atom. The molecule has 9 nitrogen and oxygen atoms in total. The summed E-state index contributed by atoms with van der Waals surface area (Å²) in [6.07, 6.45) is 1.07. The lowest BCUT2D eigenvalue weighted by atomic mass is 10.2. The molecule has 3 rings (SSSR count). The van der Waals surface area contributed by atoms with Crippen LogP contribution >= 0.6 is 0 Å². The number of hydrogen-bond donors (Lipinski definition) is 1. The second kappa shape index (κ2) is 6.79. The summed E-state index contributed by atoms with van der Waals surface area (Å²) in [5, 5.41) is 22.1. The number of carbonyl (C=O) groups is 1. The Morgan fingerprint density at radius 2 is 1.96 bits per heavy atom. The van der Waals surface area contributed by atoms with E-state index in [-0.39, 0.29) is 17.9 Å². The fourth-order valence-corrected chi connectivity index (χ4v) is 2.83. The van der Waals surface area contributed by atoms with Gasteiger partial charge in [0.1, 0.15) is 6.20 Å². The quantitative estimate of drug-likeness (QED) is 0.557. The average Bonchev–Trinajstić information content (AvgIpc) is 3.14. The highest BCUT2D eigenvalue weighted by molar-refractivity contribution is 5.96. The van der Waals surface area contributed by atoms with Gasteiger partial charge in [-0.25, -0.2) is 4.68 Å². The maximum absolute atomic E-state index is 12.4. The Balaban J connectivity index is 1.83. The van der Waals surface area contributed by atoms with Crippen LogP contribution in [-0.2, 0) is 13.6 Å². The van der Waals surface area contributed by atoms with Gasteiger partial charge in [-0.3, -0.25) is 19.6 Å². The molecule has 1 N–H and O–H groups in total. The molecule has 0 saturated heterocycles. The Bertz CT molecular complexity index is 974. The van der Waals surface area contributed by atoms with Crippen LogP contribution in [0.15, 0.2) is 36.5 Å². The third-order valence-corrected chi connectivity index (χ3v) is 4.20. The zero-order chi connectivity index (χ0) is 18.8. The van der Waals surface area contributed by atoms with Gasteiger partial charge in [-0.05, 0) is 26.0 Å². The standard InChI is InChI=1S/C17H18N6O3/c1-11-14(12(2)22(20-11)13-7-5-4-6-8-13)9-18-17(24)16-15(23(25)26)10-19-21(16)3/h4-8,10H,9H2,1-3H3,(H,18,24). The average molecular weight is 354 g/mol. The number of aromatic nitrogens is 4. The van der Waals surface area contributed by atoms with E-state index in [0.29, 0.717) is 0 Å². The first-order valence-electron chi connectivity index (χ1n) is 7.95. The van der Waals surface area contributed by atoms with Crippen molar-refractivity contribution in [3.63, 3.8) is 0 Å². The van der Waals surface area contributed by atoms with E-state index in [9.17, 15) is 14.9 Å². The highest BCUT2D eigenvalue weighted by Crippen LogP contribution is 2.19. The van der Waals surface area contributed by atoms with Gasteiger partial charge >= 0.3 is 5.69 Å². The normalized spacial score (nSPS) is 10.7. The fourth-order valence-electron chi connectivity index (χ4n) is 2.83. The third-order valence-electron chi connectivity index (χ3n) is 4.20. The van der Waals surface area contributed by atoms with Crippen molar-refractivity contribution in [1.82, 2.24) is 24.9 Å². The monoisotopic (exact) mass is 354 g/mol. The van der Waals surface area contributed by atoms with E-state index in [0.717, 1.165) is 28.8 Å². The zero-order valence-corrected chi connectivity index (χ0v) is 14.6. The number of carbonyl (C=O) groups excluding carboxylic acids is 1. The predicted octanol–water partition coefficient (Wildman–Crippen LogP) is 2.06. The van der Waals surface area contributed by atoms with Crippen LogP contribution in [0.1, 0.15) is 27.4 Å². The minimum Gasteiger partial charge on any atom is -0.346 e. The van der Waals surface area contributed by atoms with E-state index in [1.165, 1.54) is 11.7 Å². The lowest BCUT2D eigenvalue weighted by molar-refractivity contribution is -0.385. The molecule has 3 aromatic rings. The fraction of sp³-hybridized carbons (Fsp3) is 0.235. The molecule has 1 aromatic carbocycles. The molecule has 0 saturated carbocycles. The maximum Gasteiger partial charge on any atom is 0.320 e. The summed E-state index contributed by atoms with van der Waals surface area (Å²) >= 11 is 0. The zero-order valence-electron chi connectivity index (χ0n) is 14.6. The number of para-hydroxylation sites is 1. The molecule has 0 aliphatic carbocycles. The van der Waals surface area contributed by atoms with Crippen molar-refractivity contribution in [2.45, 2.75) is 20.4 Å². The van der Waals surface area contributed by atoms with Gasteiger partial charge in [0, 0.05) is 24.8 Å². The Morgan fingerprint density at radius 1 is 1.27 bits per heavy atom. The number of nitrogens with zero attached hydrogens (tertiary/aromatic N) is 5. The number of amides is 1. The van der Waals surface area contributed by atoms with Crippen LogP contribution in [0.25, 0.3) is 5.69 Å². The van der Waals surface area contributed by atoms with Gasteiger partial charge in [0.2, 0.25) is 5.69 Å². The maximum atomic E-state index is 12.4. The van der Waals surface area contributed by atoms with Gasteiger partial charge in [-0.2, -0.15) is 10.2 Å². The van der Waals surface area contributed by atoms with E-state index in [1.54, 1.807) is 0 Å². The van der Waals surface area contributed by atoms with E-state index in [1.807, 2.05) is 48.9 Å². The molecule has 2 heterocycles. The SMILES string of the molecule is Cc1nn(-c2ccccc2)c(C)c1CNC(=O)c1c([N+](=O)[O-])cnn1C. The first-order valence-corrected chi connectivity index (χ1v) is 7.95. The van der Waals surface area contributed by atoms with Crippen LogP contribution < -0.4 is 5.32 Å². The van der Waals surface area contributed by atoms with E-state index in [4.69, 9.17) is 0 Å². The smallest absolute Gasteiger partial charge is 0.320 e. The molecule has 1 amide bonds. The van der Waals surface area contributed by atoms with E-state index >= 15 is 0 Å². The lowest BCUT2D eigenvalue weighted by Crippen LogP contribution is -2.26. The minimum absolute atomic E-state index is 0.0826. The van der Waals surface area contributed by atoms with Crippen molar-refractivity contribution in [1.29, 1.82) is 0 Å². The molecule has 0 aliphatic heterocycles. The van der Waals surface area contributed by atoms with Crippen LogP contribution in [0.2, 0.25) is 0 Å². The van der Waals surface area contributed by atoms with Crippen LogP contribution in [0, 0.1) is 24.0 Å². The molecule has 9 heteroatoms. The van der Waals surface area contributed by atoms with Crippen LogP contribution in [-0.4, -0.2) is 30.4 Å². The number of nitro groups is 1. The van der Waals surface area contributed by atoms with Crippen LogP contribution in [0.5, 0.6) is 0 Å². The minimum atomic E-state index is -0.619. The van der Waals surface area contributed by atoms with Crippen molar-refractivity contribution in [2.24, 2.45) is 7.05 Å². The van der Waals surface area contributed by atoms with Crippen molar-refractivity contribution in [3.8, 4) is 5.69 Å². The summed E-state index contributed by atoms with van der Waals surface area (Å²) in [6, 6.07) is 9.67. The topological polar surface area (TPSA) is 108 Å². The summed E-state index contributed by atoms with van der Waals surface area (Å²) in [5.41, 5.74) is 3.07. The second-order valence-electron chi connectivity index (χ2n) is 5.84. The van der Waals surface area contributed by atoms with Gasteiger partial charge < -0.3 is 5.32 Å². The number of hydrogen-bond acceptors (Lipinski definition) is 5. The van der Waals surface area contributed by atoms with Gasteiger partial charge in [0.15, 0.2) is 0 Å². The molecule has 0 bridgehead atoms. The second-order valence-corrected chi connectivity index (χ2v) is 5.84. The van der Waals surface area contributed by atoms with Gasteiger partial charge in [0.25, 0.3) is 5.91 Å². The molecule has 0 atom stereocenters. The highest BCUT2D eigenvalue weighted by Gasteiger charge is 2.25. The van der Waals surface area contributed by atoms with Crippen molar-refractivity contribution in [3.05, 3.63) is 69.3 Å². The van der Waals surface area contributed by atoms with Crippen LogP contribution in [0.3, 0.4) is 0 Å². The largest absolute Gasteiger partial charge is 0.346 e. The Hall–Kier alpha value is -3.49. The molecule has 0 unspecified atom stereocenters. The Kier molecular flexibility index (Phi) is 4.53. The summed E-state index contributed by atoms with van der Waals surface area (Å²) < 4.78 is 3.00. The molecule has 134 valence electrons. The first kappa shape index (κ1) is 17.3. The molecule has 2 aromatic heterocycles. The molecule has 0 aliphatic rings. The molecule has 0 fully saturated rings. The third kappa shape index (κ3) is 3.06. The molecule has 0 spiro atoms. The summed E-state index contributed by atoms with van der Waals surface area (Å²) in [5.74, 6) is -0.553. The van der Waals surface area contributed by atoms with Crippen molar-refractivity contribution >= 4 is 11.6 Å². The lowest BCUT2D eigenvalue weighted by Gasteiger charge is -2.07. The first-order chi connectivity index (χ1) is 12.4. The van der Waals surface area contributed by atoms with Gasteiger partial charge in [0.05, 0.1) is 16.3 Å². The Labute approximate surface area is 149 Å². The number of rotatable bonds is 5. The number of benzene rings is 1. The van der Waals surface area contributed by atoms with Crippen molar-refractivity contribution in [2.75, 3.05) is 0 Å². The summed E-state index contributed by atoms with van der Waals surface area (Å²) in [6.45, 7) is 3.99. The van der Waals surface area contributed by atoms with E-state index < -0.39 is 10.8 Å². The molecular weight excluding hydrogens is 336 g/mol. The van der Waals surface area contributed by atoms with Gasteiger partial charge in [-0.1, -0.05) is 18.2 Å². The van der Waals surface area contributed by atoms with E-state index in [2.05, 4.69) is 15.5 Å². The summed E-state index contributed by atoms with van der Waals surface area (Å²) in [4.78, 5) is 22.8.